The first-order chi connectivity index (χ1) is 34.3. The molecule has 3 saturated heterocycles. The van der Waals surface area contributed by atoms with Crippen LogP contribution in [0.5, 0.6) is 0 Å². The summed E-state index contributed by atoms with van der Waals surface area (Å²) in [5.74, 6) is -1.56. The molecule has 0 bridgehead atoms. The lowest BCUT2D eigenvalue weighted by molar-refractivity contribution is -0.136. The number of likely N-dealkylation sites (N-methyl/N-ethyl adjacent to an activating group) is 1. The molecule has 5 amide bonds. The Morgan fingerprint density at radius 3 is 2.31 bits per heavy atom. The third-order valence-corrected chi connectivity index (χ3v) is 14.1. The summed E-state index contributed by atoms with van der Waals surface area (Å²) in [5.41, 5.74) is 8.43. The minimum atomic E-state index is -0.813. The van der Waals surface area contributed by atoms with Gasteiger partial charge in [0.25, 0.3) is 17.4 Å². The van der Waals surface area contributed by atoms with Crippen LogP contribution in [0.25, 0.3) is 11.1 Å². The molecule has 4 heterocycles. The van der Waals surface area contributed by atoms with Crippen LogP contribution in [0, 0.1) is 20.8 Å². The summed E-state index contributed by atoms with van der Waals surface area (Å²) >= 11 is 0. The number of nitrogens with zero attached hydrogens (tertiary/aromatic N) is 4. The number of aryl methyl sites for hydroxylation is 2. The van der Waals surface area contributed by atoms with E-state index in [1.165, 1.54) is 11.9 Å². The minimum Gasteiger partial charge on any atom is -0.384 e. The number of hydrogen-bond donors (Lipinski definition) is 5. The summed E-state index contributed by atoms with van der Waals surface area (Å²) in [7, 11) is 1.50. The molecule has 17 nitrogen and oxygen atoms in total. The van der Waals surface area contributed by atoms with E-state index in [9.17, 15) is 33.6 Å². The number of rotatable bonds is 20. The molecule has 1 atom stereocenters. The Morgan fingerprint density at radius 2 is 1.62 bits per heavy atom. The molecule has 7 rings (SSSR count). The van der Waals surface area contributed by atoms with Gasteiger partial charge in [-0.25, -0.2) is 0 Å². The first kappa shape index (κ1) is 52.1. The Balaban J connectivity index is 0.883. The maximum Gasteiger partial charge on any atom is 0.257 e. The van der Waals surface area contributed by atoms with Gasteiger partial charge in [-0.1, -0.05) is 36.4 Å². The Bertz CT molecular complexity index is 2640. The van der Waals surface area contributed by atoms with Crippen LogP contribution in [0.2, 0.25) is 0 Å². The highest BCUT2D eigenvalue weighted by atomic mass is 16.5. The van der Waals surface area contributed by atoms with Crippen molar-refractivity contribution in [2.45, 2.75) is 91.4 Å². The highest BCUT2D eigenvalue weighted by molar-refractivity contribution is 6.09. The van der Waals surface area contributed by atoms with Crippen LogP contribution in [-0.2, 0) is 32.2 Å². The summed E-state index contributed by atoms with van der Waals surface area (Å²) in [6.07, 6.45) is 4.29. The molecule has 378 valence electrons. The summed E-state index contributed by atoms with van der Waals surface area (Å²) in [5, 5.41) is 11.9. The van der Waals surface area contributed by atoms with E-state index in [1.807, 2.05) is 37.8 Å². The van der Waals surface area contributed by atoms with Gasteiger partial charge < -0.3 is 40.4 Å². The zero-order valence-corrected chi connectivity index (χ0v) is 41.8. The van der Waals surface area contributed by atoms with Crippen molar-refractivity contribution < 1.29 is 33.5 Å². The molecule has 0 saturated carbocycles. The van der Waals surface area contributed by atoms with Crippen LogP contribution < -0.4 is 31.7 Å². The number of H-pyrrole nitrogens is 1. The molecular formula is C54H69N9O8. The number of carbonyl (C=O) groups is 6. The van der Waals surface area contributed by atoms with E-state index in [0.717, 1.165) is 91.1 Å². The van der Waals surface area contributed by atoms with Crippen molar-refractivity contribution in [3.8, 4) is 11.1 Å². The number of imide groups is 1. The Morgan fingerprint density at radius 1 is 0.887 bits per heavy atom. The zero-order chi connectivity index (χ0) is 50.6. The average molecular weight is 972 g/mol. The monoisotopic (exact) mass is 972 g/mol. The van der Waals surface area contributed by atoms with Gasteiger partial charge in [-0.05, 0) is 118 Å². The lowest BCUT2D eigenvalue weighted by Crippen LogP contribution is -2.53. The molecule has 3 aromatic carbocycles. The van der Waals surface area contributed by atoms with Crippen molar-refractivity contribution in [3.63, 3.8) is 0 Å². The fourth-order valence-corrected chi connectivity index (χ4v) is 9.93. The number of nitrogens with one attached hydrogen (secondary N) is 5. The Hall–Kier alpha value is -6.69. The van der Waals surface area contributed by atoms with Gasteiger partial charge in [0.05, 0.1) is 12.1 Å². The van der Waals surface area contributed by atoms with Crippen LogP contribution in [0.3, 0.4) is 0 Å². The maximum absolute atomic E-state index is 14.0. The molecule has 17 heteroatoms. The molecule has 0 radical (unpaired) electrons. The Labute approximate surface area is 416 Å². The number of benzene rings is 3. The minimum absolute atomic E-state index is 0.0593. The van der Waals surface area contributed by atoms with Crippen molar-refractivity contribution in [2.24, 2.45) is 0 Å². The number of hydrogen-bond acceptors (Lipinski definition) is 12. The number of anilines is 2. The molecule has 3 aliphatic rings. The molecule has 0 spiro atoms. The van der Waals surface area contributed by atoms with Gasteiger partial charge in [-0.15, -0.1) is 0 Å². The molecule has 3 fully saturated rings. The molecule has 3 aliphatic heterocycles. The first-order valence-corrected chi connectivity index (χ1v) is 25.0. The summed E-state index contributed by atoms with van der Waals surface area (Å²) in [6.45, 7) is 15.1. The van der Waals surface area contributed by atoms with Gasteiger partial charge in [0, 0.05) is 119 Å². The molecular weight excluding hydrogens is 903 g/mol. The van der Waals surface area contributed by atoms with E-state index in [2.05, 4.69) is 73.3 Å². The van der Waals surface area contributed by atoms with Gasteiger partial charge in [0.1, 0.15) is 6.04 Å². The van der Waals surface area contributed by atoms with Gasteiger partial charge in [-0.2, -0.15) is 0 Å². The number of pyridine rings is 1. The number of amides is 5. The number of piperidine rings is 1. The molecule has 0 aliphatic carbocycles. The number of unbranched alkanes of at least 4 members (excludes halogenated alkanes) is 1. The highest BCUT2D eigenvalue weighted by Crippen LogP contribution is 2.34. The second kappa shape index (κ2) is 24.4. The van der Waals surface area contributed by atoms with Crippen LogP contribution >= 0.6 is 0 Å². The SMILES string of the molecule is CCN(c1cc(-c2ccc(CN3CCN(C(=O)CNCCCCNc4cccc(C=O)c4C(=O)N(C)C4CCC(=O)NC4=O)CC3)cc2)cc(C(=O)NCc2c(C)cc(C)[nH]c2=O)c1C)C1CCOCC1. The van der Waals surface area contributed by atoms with E-state index in [4.69, 9.17) is 4.74 Å². The molecule has 1 aromatic heterocycles. The van der Waals surface area contributed by atoms with Crippen molar-refractivity contribution in [2.75, 3.05) is 82.8 Å². The molecule has 4 aromatic rings. The van der Waals surface area contributed by atoms with Crippen LogP contribution in [-0.4, -0.2) is 140 Å². The fourth-order valence-electron chi connectivity index (χ4n) is 9.93. The number of aldehydes is 1. The number of aromatic amines is 1. The average Bonchev–Trinajstić information content (AvgIpc) is 3.36. The summed E-state index contributed by atoms with van der Waals surface area (Å²) in [6, 6.07) is 19.0. The van der Waals surface area contributed by atoms with Crippen molar-refractivity contribution in [1.29, 1.82) is 0 Å². The van der Waals surface area contributed by atoms with E-state index in [-0.39, 0.29) is 60.3 Å². The Kier molecular flexibility index (Phi) is 17.9. The van der Waals surface area contributed by atoms with E-state index < -0.39 is 17.9 Å². The van der Waals surface area contributed by atoms with Crippen LogP contribution in [0.1, 0.15) is 104 Å². The zero-order valence-electron chi connectivity index (χ0n) is 41.8. The van der Waals surface area contributed by atoms with Gasteiger partial charge >= 0.3 is 0 Å². The topological polar surface area (TPSA) is 206 Å². The molecule has 1 unspecified atom stereocenters. The second-order valence-corrected chi connectivity index (χ2v) is 18.9. The van der Waals surface area contributed by atoms with Crippen molar-refractivity contribution in [1.82, 2.24) is 35.6 Å². The number of aromatic nitrogens is 1. The predicted octanol–water partition coefficient (Wildman–Crippen LogP) is 4.72. The standard InChI is InChI=1S/C54H69N9O8/c1-6-63(42-18-26-71-27-19-42)47-30-41(29-43(37(47)4)51(67)57-31-44-35(2)28-36(3)58-52(44)68)39-14-12-38(13-15-39)33-61-22-24-62(25-23-61)49(66)32-55-20-7-8-21-56-45-11-9-10-40(34-64)50(45)54(70)60(5)46-16-17-48(65)59-53(46)69/h9-15,28-30,34,42,46,55-56H,6-8,16-27,31-33H2,1-5H3,(H,57,67)(H,58,68)(H,59,65,69). The van der Waals surface area contributed by atoms with Crippen LogP contribution in [0.15, 0.2) is 65.5 Å². The lowest BCUT2D eigenvalue weighted by atomic mass is 9.94. The highest BCUT2D eigenvalue weighted by Gasteiger charge is 2.34. The number of ether oxygens (including phenoxy) is 1. The lowest BCUT2D eigenvalue weighted by Gasteiger charge is -2.37. The number of carbonyl (C=O) groups excluding carboxylic acids is 6. The smallest absolute Gasteiger partial charge is 0.257 e. The first-order valence-electron chi connectivity index (χ1n) is 25.0. The van der Waals surface area contributed by atoms with E-state index in [1.54, 1.807) is 18.2 Å². The van der Waals surface area contributed by atoms with E-state index in [0.29, 0.717) is 68.5 Å². The normalized spacial score (nSPS) is 16.6. The van der Waals surface area contributed by atoms with Gasteiger partial charge in [0.2, 0.25) is 17.7 Å². The van der Waals surface area contributed by atoms with Gasteiger partial charge in [0.15, 0.2) is 6.29 Å². The van der Waals surface area contributed by atoms with Gasteiger partial charge in [-0.3, -0.25) is 43.8 Å². The fraction of sp³-hybridized carbons (Fsp3) is 0.463. The quantitative estimate of drug-likeness (QED) is 0.0464. The number of piperazine rings is 1. The largest absolute Gasteiger partial charge is 0.384 e. The molecule has 5 N–H and O–H groups in total. The second-order valence-electron chi connectivity index (χ2n) is 18.9. The third kappa shape index (κ3) is 13.0. The van der Waals surface area contributed by atoms with E-state index >= 15 is 0 Å². The van der Waals surface area contributed by atoms with Crippen LogP contribution in [0.4, 0.5) is 11.4 Å². The third-order valence-electron chi connectivity index (χ3n) is 14.1. The molecule has 71 heavy (non-hydrogen) atoms. The summed E-state index contributed by atoms with van der Waals surface area (Å²) in [4.78, 5) is 100. The summed E-state index contributed by atoms with van der Waals surface area (Å²) < 4.78 is 5.70. The predicted molar refractivity (Wildman–Crippen MR) is 274 cm³/mol. The van der Waals surface area contributed by atoms with Crippen molar-refractivity contribution >= 4 is 47.2 Å². The van der Waals surface area contributed by atoms with Crippen molar-refractivity contribution in [3.05, 3.63) is 116 Å². The maximum atomic E-state index is 14.0.